The number of halogens is 1. The molecule has 0 atom stereocenters. The van der Waals surface area contributed by atoms with Crippen LogP contribution in [0.1, 0.15) is 15.9 Å². The number of carboxylic acids is 1. The Labute approximate surface area is 118 Å². The summed E-state index contributed by atoms with van der Waals surface area (Å²) in [5.41, 5.74) is 0.0438. The summed E-state index contributed by atoms with van der Waals surface area (Å²) in [6, 6.07) is 5.06. The molecular formula is C13H10FN3O4. The molecule has 0 aliphatic heterocycles. The van der Waals surface area contributed by atoms with E-state index in [2.05, 4.69) is 10.3 Å². The third-order valence-electron chi connectivity index (χ3n) is 2.76. The van der Waals surface area contributed by atoms with Crippen LogP contribution in [-0.4, -0.2) is 21.0 Å². The Bertz CT molecular complexity index is 733. The summed E-state index contributed by atoms with van der Waals surface area (Å²) in [6.07, 6.45) is 0.866. The van der Waals surface area contributed by atoms with Gasteiger partial charge >= 0.3 is 11.7 Å². The van der Waals surface area contributed by atoms with Crippen molar-refractivity contribution < 1.29 is 19.2 Å². The monoisotopic (exact) mass is 291 g/mol. The van der Waals surface area contributed by atoms with Crippen molar-refractivity contribution in [2.45, 2.75) is 6.92 Å². The number of rotatable bonds is 4. The number of anilines is 2. The van der Waals surface area contributed by atoms with E-state index in [0.29, 0.717) is 11.3 Å². The number of hydrogen-bond acceptors (Lipinski definition) is 5. The fourth-order valence-corrected chi connectivity index (χ4v) is 1.74. The molecular weight excluding hydrogens is 281 g/mol. The molecule has 0 radical (unpaired) electrons. The van der Waals surface area contributed by atoms with Gasteiger partial charge in [-0.2, -0.15) is 0 Å². The molecule has 0 aliphatic carbocycles. The van der Waals surface area contributed by atoms with Crippen molar-refractivity contribution in [3.05, 3.63) is 57.5 Å². The Balaban J connectivity index is 2.39. The third kappa shape index (κ3) is 3.11. The van der Waals surface area contributed by atoms with E-state index in [1.807, 2.05) is 0 Å². The van der Waals surface area contributed by atoms with Crippen LogP contribution in [0.3, 0.4) is 0 Å². The third-order valence-corrected chi connectivity index (χ3v) is 2.76. The first-order valence-corrected chi connectivity index (χ1v) is 5.79. The van der Waals surface area contributed by atoms with Crippen LogP contribution in [0.25, 0.3) is 0 Å². The lowest BCUT2D eigenvalue weighted by Crippen LogP contribution is -2.05. The molecule has 0 saturated carbocycles. The SMILES string of the molecule is Cc1cc(F)ccc1Nc1cc(C(=O)O)c([N+](=O)[O-])cn1. The molecule has 1 aromatic carbocycles. The highest BCUT2D eigenvalue weighted by atomic mass is 19.1. The molecule has 0 amide bonds. The zero-order valence-electron chi connectivity index (χ0n) is 10.8. The highest BCUT2D eigenvalue weighted by Crippen LogP contribution is 2.24. The van der Waals surface area contributed by atoms with Crippen molar-refractivity contribution in [2.75, 3.05) is 5.32 Å². The predicted molar refractivity (Wildman–Crippen MR) is 72.3 cm³/mol. The zero-order valence-corrected chi connectivity index (χ0v) is 10.8. The summed E-state index contributed by atoms with van der Waals surface area (Å²) in [5.74, 6) is -1.71. The second kappa shape index (κ2) is 5.53. The van der Waals surface area contributed by atoms with Gasteiger partial charge in [-0.1, -0.05) is 0 Å². The first-order chi connectivity index (χ1) is 9.88. The summed E-state index contributed by atoms with van der Waals surface area (Å²) >= 11 is 0. The number of aromatic carboxylic acids is 1. The highest BCUT2D eigenvalue weighted by Gasteiger charge is 2.21. The fourth-order valence-electron chi connectivity index (χ4n) is 1.74. The summed E-state index contributed by atoms with van der Waals surface area (Å²) < 4.78 is 13.0. The topological polar surface area (TPSA) is 105 Å². The average molecular weight is 291 g/mol. The standard InChI is InChI=1S/C13H10FN3O4/c1-7-4-8(14)2-3-10(7)16-12-5-9(13(18)19)11(6-15-12)17(20)21/h2-6H,1H3,(H,15,16)(H,18,19). The molecule has 2 N–H and O–H groups in total. The lowest BCUT2D eigenvalue weighted by atomic mass is 10.2. The van der Waals surface area contributed by atoms with Crippen molar-refractivity contribution in [2.24, 2.45) is 0 Å². The van der Waals surface area contributed by atoms with Gasteiger partial charge in [0, 0.05) is 11.8 Å². The number of nitro groups is 1. The van der Waals surface area contributed by atoms with Gasteiger partial charge in [-0.05, 0) is 30.7 Å². The van der Waals surface area contributed by atoms with Gasteiger partial charge in [-0.3, -0.25) is 10.1 Å². The molecule has 0 saturated heterocycles. The Morgan fingerprint density at radius 2 is 2.14 bits per heavy atom. The number of nitrogens with one attached hydrogen (secondary N) is 1. The maximum Gasteiger partial charge on any atom is 0.342 e. The van der Waals surface area contributed by atoms with E-state index in [1.165, 1.54) is 18.2 Å². The maximum absolute atomic E-state index is 13.0. The Kier molecular flexibility index (Phi) is 3.79. The number of hydrogen-bond donors (Lipinski definition) is 2. The van der Waals surface area contributed by atoms with Gasteiger partial charge in [-0.25, -0.2) is 14.2 Å². The number of aryl methyl sites for hydroxylation is 1. The largest absolute Gasteiger partial charge is 0.477 e. The minimum absolute atomic E-state index is 0.118. The van der Waals surface area contributed by atoms with E-state index in [-0.39, 0.29) is 5.82 Å². The molecule has 1 aromatic heterocycles. The van der Waals surface area contributed by atoms with Crippen LogP contribution in [0.5, 0.6) is 0 Å². The Morgan fingerprint density at radius 1 is 1.43 bits per heavy atom. The summed E-state index contributed by atoms with van der Waals surface area (Å²) in [5, 5.41) is 22.5. The van der Waals surface area contributed by atoms with E-state index in [1.54, 1.807) is 6.92 Å². The Hall–Kier alpha value is -3.03. The van der Waals surface area contributed by atoms with Gasteiger partial charge in [0.15, 0.2) is 0 Å². The van der Waals surface area contributed by atoms with Crippen molar-refractivity contribution in [1.29, 1.82) is 0 Å². The van der Waals surface area contributed by atoms with Crippen LogP contribution in [0.15, 0.2) is 30.5 Å². The maximum atomic E-state index is 13.0. The molecule has 7 nitrogen and oxygen atoms in total. The van der Waals surface area contributed by atoms with Crippen LogP contribution < -0.4 is 5.32 Å². The zero-order chi connectivity index (χ0) is 15.6. The average Bonchev–Trinajstić information content (AvgIpc) is 2.41. The van der Waals surface area contributed by atoms with E-state index in [9.17, 15) is 19.3 Å². The summed E-state index contributed by atoms with van der Waals surface area (Å²) in [4.78, 5) is 24.7. The van der Waals surface area contributed by atoms with Gasteiger partial charge < -0.3 is 10.4 Å². The molecule has 0 bridgehead atoms. The van der Waals surface area contributed by atoms with Crippen LogP contribution in [0.2, 0.25) is 0 Å². The van der Waals surface area contributed by atoms with Gasteiger partial charge in [0.05, 0.1) is 4.92 Å². The first-order valence-electron chi connectivity index (χ1n) is 5.79. The predicted octanol–water partition coefficient (Wildman–Crippen LogP) is 2.88. The summed E-state index contributed by atoms with van der Waals surface area (Å²) in [7, 11) is 0. The van der Waals surface area contributed by atoms with E-state index in [0.717, 1.165) is 12.3 Å². The molecule has 0 spiro atoms. The number of benzene rings is 1. The molecule has 2 rings (SSSR count). The minimum atomic E-state index is -1.43. The van der Waals surface area contributed by atoms with E-state index < -0.39 is 28.0 Å². The van der Waals surface area contributed by atoms with Crippen molar-refractivity contribution in [1.82, 2.24) is 4.98 Å². The smallest absolute Gasteiger partial charge is 0.342 e. The first kappa shape index (κ1) is 14.4. The van der Waals surface area contributed by atoms with Crippen molar-refractivity contribution in [3.63, 3.8) is 0 Å². The number of aromatic nitrogens is 1. The van der Waals surface area contributed by atoms with Gasteiger partial charge in [-0.15, -0.1) is 0 Å². The van der Waals surface area contributed by atoms with Gasteiger partial charge in [0.2, 0.25) is 0 Å². The van der Waals surface area contributed by atoms with Crippen LogP contribution in [0.4, 0.5) is 21.6 Å². The quantitative estimate of drug-likeness (QED) is 0.662. The second-order valence-corrected chi connectivity index (χ2v) is 4.23. The minimum Gasteiger partial charge on any atom is -0.477 e. The number of nitrogens with zero attached hydrogens (tertiary/aromatic N) is 2. The fraction of sp³-hybridized carbons (Fsp3) is 0.0769. The van der Waals surface area contributed by atoms with E-state index >= 15 is 0 Å². The van der Waals surface area contributed by atoms with Crippen molar-refractivity contribution in [3.8, 4) is 0 Å². The van der Waals surface area contributed by atoms with Crippen LogP contribution in [0, 0.1) is 22.9 Å². The highest BCUT2D eigenvalue weighted by molar-refractivity contribution is 5.93. The molecule has 21 heavy (non-hydrogen) atoms. The van der Waals surface area contributed by atoms with Crippen molar-refractivity contribution >= 4 is 23.2 Å². The molecule has 0 fully saturated rings. The molecule has 0 aliphatic rings. The molecule has 2 aromatic rings. The molecule has 1 heterocycles. The number of carbonyl (C=O) groups is 1. The second-order valence-electron chi connectivity index (χ2n) is 4.23. The summed E-state index contributed by atoms with van der Waals surface area (Å²) in [6.45, 7) is 1.66. The van der Waals surface area contributed by atoms with Crippen LogP contribution in [-0.2, 0) is 0 Å². The molecule has 108 valence electrons. The van der Waals surface area contributed by atoms with Crippen LogP contribution >= 0.6 is 0 Å². The molecule has 0 unspecified atom stereocenters. The molecule has 8 heteroatoms. The lowest BCUT2D eigenvalue weighted by molar-refractivity contribution is -0.385. The Morgan fingerprint density at radius 3 is 2.71 bits per heavy atom. The number of carboxylic acid groups (broad SMARTS) is 1. The van der Waals surface area contributed by atoms with Gasteiger partial charge in [0.25, 0.3) is 0 Å². The van der Waals surface area contributed by atoms with Gasteiger partial charge in [0.1, 0.15) is 23.4 Å². The normalized spacial score (nSPS) is 10.2. The van der Waals surface area contributed by atoms with E-state index in [4.69, 9.17) is 5.11 Å². The lowest BCUT2D eigenvalue weighted by Gasteiger charge is -2.09. The number of pyridine rings is 1.